The third kappa shape index (κ3) is 3.73. The molecule has 1 aliphatic heterocycles. The van der Waals surface area contributed by atoms with Crippen LogP contribution in [0.15, 0.2) is 0 Å². The second-order valence-electron chi connectivity index (χ2n) is 5.90. The first-order valence-corrected chi connectivity index (χ1v) is 7.61. The standard InChI is InChI=1S/C15H28N4O/c1-12-5-8-19(9-6-12)10-7-16-11-14-13(2)17-18(3)15(14)20-4/h12,16H,5-11H2,1-4H3. The molecule has 0 amide bonds. The van der Waals surface area contributed by atoms with E-state index in [0.717, 1.165) is 37.1 Å². The van der Waals surface area contributed by atoms with E-state index in [0.29, 0.717) is 0 Å². The van der Waals surface area contributed by atoms with Crippen LogP contribution in [-0.2, 0) is 13.6 Å². The van der Waals surface area contributed by atoms with Gasteiger partial charge in [-0.1, -0.05) is 6.92 Å². The average Bonchev–Trinajstić information content (AvgIpc) is 2.70. The molecule has 1 aliphatic rings. The molecule has 0 aliphatic carbocycles. The first kappa shape index (κ1) is 15.3. The van der Waals surface area contributed by atoms with Crippen LogP contribution in [0.4, 0.5) is 0 Å². The predicted octanol–water partition coefficient (Wildman–Crippen LogP) is 1.56. The lowest BCUT2D eigenvalue weighted by molar-refractivity contribution is 0.193. The van der Waals surface area contributed by atoms with Crippen molar-refractivity contribution in [2.75, 3.05) is 33.3 Å². The number of likely N-dealkylation sites (tertiary alicyclic amines) is 1. The smallest absolute Gasteiger partial charge is 0.216 e. The summed E-state index contributed by atoms with van der Waals surface area (Å²) in [6, 6.07) is 0. The molecule has 1 aromatic rings. The molecule has 20 heavy (non-hydrogen) atoms. The Morgan fingerprint density at radius 1 is 1.35 bits per heavy atom. The Balaban J connectivity index is 1.73. The fourth-order valence-corrected chi connectivity index (χ4v) is 2.88. The number of piperidine rings is 1. The summed E-state index contributed by atoms with van der Waals surface area (Å²) in [6.07, 6.45) is 2.69. The molecule has 114 valence electrons. The largest absolute Gasteiger partial charge is 0.481 e. The van der Waals surface area contributed by atoms with Gasteiger partial charge >= 0.3 is 0 Å². The van der Waals surface area contributed by atoms with Crippen molar-refractivity contribution in [3.05, 3.63) is 11.3 Å². The normalized spacial score (nSPS) is 17.6. The second-order valence-corrected chi connectivity index (χ2v) is 5.90. The number of aryl methyl sites for hydroxylation is 2. The summed E-state index contributed by atoms with van der Waals surface area (Å²) < 4.78 is 7.21. The summed E-state index contributed by atoms with van der Waals surface area (Å²) in [5.41, 5.74) is 2.21. The Kier molecular flexibility index (Phi) is 5.43. The summed E-state index contributed by atoms with van der Waals surface area (Å²) in [5, 5.41) is 7.91. The Labute approximate surface area is 122 Å². The Bertz CT molecular complexity index is 422. The van der Waals surface area contributed by atoms with Gasteiger partial charge in [0.1, 0.15) is 0 Å². The highest BCUT2D eigenvalue weighted by Crippen LogP contribution is 2.20. The van der Waals surface area contributed by atoms with Crippen LogP contribution < -0.4 is 10.1 Å². The van der Waals surface area contributed by atoms with Crippen molar-refractivity contribution < 1.29 is 4.74 Å². The summed E-state index contributed by atoms with van der Waals surface area (Å²) in [5.74, 6) is 1.77. The van der Waals surface area contributed by atoms with E-state index in [1.807, 2.05) is 14.0 Å². The Morgan fingerprint density at radius 3 is 2.70 bits per heavy atom. The summed E-state index contributed by atoms with van der Waals surface area (Å²) in [4.78, 5) is 2.56. The monoisotopic (exact) mass is 280 g/mol. The molecule has 2 rings (SSSR count). The van der Waals surface area contributed by atoms with Gasteiger partial charge in [0.2, 0.25) is 5.88 Å². The van der Waals surface area contributed by atoms with Crippen LogP contribution in [0.2, 0.25) is 0 Å². The lowest BCUT2D eigenvalue weighted by atomic mass is 9.99. The lowest BCUT2D eigenvalue weighted by Crippen LogP contribution is -2.37. The van der Waals surface area contributed by atoms with Gasteiger partial charge in [-0.05, 0) is 38.8 Å². The zero-order valence-corrected chi connectivity index (χ0v) is 13.3. The molecule has 0 bridgehead atoms. The number of methoxy groups -OCH3 is 1. The molecule has 0 spiro atoms. The van der Waals surface area contributed by atoms with E-state index < -0.39 is 0 Å². The molecule has 1 aromatic heterocycles. The number of ether oxygens (including phenoxy) is 1. The summed E-state index contributed by atoms with van der Waals surface area (Å²) >= 11 is 0. The molecular weight excluding hydrogens is 252 g/mol. The minimum absolute atomic E-state index is 0.826. The maximum atomic E-state index is 5.41. The number of nitrogens with one attached hydrogen (secondary N) is 1. The average molecular weight is 280 g/mol. The molecule has 0 atom stereocenters. The minimum atomic E-state index is 0.826. The van der Waals surface area contributed by atoms with E-state index >= 15 is 0 Å². The summed E-state index contributed by atoms with van der Waals surface area (Å²) in [6.45, 7) is 9.86. The maximum Gasteiger partial charge on any atom is 0.216 e. The maximum absolute atomic E-state index is 5.41. The van der Waals surface area contributed by atoms with Crippen LogP contribution in [0, 0.1) is 12.8 Å². The molecular formula is C15H28N4O. The SMILES string of the molecule is COc1c(CNCCN2CCC(C)CC2)c(C)nn1C. The summed E-state index contributed by atoms with van der Waals surface area (Å²) in [7, 11) is 3.62. The number of aromatic nitrogens is 2. The predicted molar refractivity (Wildman–Crippen MR) is 81.0 cm³/mol. The Morgan fingerprint density at radius 2 is 2.05 bits per heavy atom. The molecule has 5 nitrogen and oxygen atoms in total. The zero-order chi connectivity index (χ0) is 14.5. The Hall–Kier alpha value is -1.07. The molecule has 0 aromatic carbocycles. The molecule has 5 heteroatoms. The molecule has 1 N–H and O–H groups in total. The van der Waals surface area contributed by atoms with Gasteiger partial charge in [0, 0.05) is 26.7 Å². The van der Waals surface area contributed by atoms with Crippen molar-refractivity contribution in [3.63, 3.8) is 0 Å². The van der Waals surface area contributed by atoms with Crippen molar-refractivity contribution in [2.45, 2.75) is 33.2 Å². The van der Waals surface area contributed by atoms with E-state index in [-0.39, 0.29) is 0 Å². The van der Waals surface area contributed by atoms with Crippen LogP contribution in [0.3, 0.4) is 0 Å². The van der Waals surface area contributed by atoms with E-state index in [4.69, 9.17) is 4.74 Å². The zero-order valence-electron chi connectivity index (χ0n) is 13.3. The second kappa shape index (κ2) is 7.09. The first-order valence-electron chi connectivity index (χ1n) is 7.61. The lowest BCUT2D eigenvalue weighted by Gasteiger charge is -2.30. The molecule has 2 heterocycles. The topological polar surface area (TPSA) is 42.3 Å². The number of hydrogen-bond acceptors (Lipinski definition) is 4. The van der Waals surface area contributed by atoms with Crippen molar-refractivity contribution in [1.29, 1.82) is 0 Å². The van der Waals surface area contributed by atoms with Gasteiger partial charge in [-0.2, -0.15) is 5.10 Å². The highest BCUT2D eigenvalue weighted by atomic mass is 16.5. The number of rotatable bonds is 6. The number of hydrogen-bond donors (Lipinski definition) is 1. The molecule has 1 saturated heterocycles. The van der Waals surface area contributed by atoms with E-state index in [9.17, 15) is 0 Å². The van der Waals surface area contributed by atoms with Crippen LogP contribution in [-0.4, -0.2) is 48.0 Å². The fourth-order valence-electron chi connectivity index (χ4n) is 2.88. The van der Waals surface area contributed by atoms with Gasteiger partial charge in [-0.3, -0.25) is 0 Å². The fraction of sp³-hybridized carbons (Fsp3) is 0.800. The van der Waals surface area contributed by atoms with Crippen molar-refractivity contribution in [1.82, 2.24) is 20.0 Å². The first-order chi connectivity index (χ1) is 9.61. The van der Waals surface area contributed by atoms with Crippen molar-refractivity contribution >= 4 is 0 Å². The quantitative estimate of drug-likeness (QED) is 0.803. The van der Waals surface area contributed by atoms with Gasteiger partial charge in [0.05, 0.1) is 18.4 Å². The molecule has 0 radical (unpaired) electrons. The van der Waals surface area contributed by atoms with E-state index in [2.05, 4.69) is 22.2 Å². The van der Waals surface area contributed by atoms with Crippen molar-refractivity contribution in [3.8, 4) is 5.88 Å². The van der Waals surface area contributed by atoms with Crippen LogP contribution >= 0.6 is 0 Å². The van der Waals surface area contributed by atoms with Gasteiger partial charge in [0.15, 0.2) is 0 Å². The van der Waals surface area contributed by atoms with Crippen LogP contribution in [0.1, 0.15) is 31.0 Å². The molecule has 0 saturated carbocycles. The van der Waals surface area contributed by atoms with Crippen LogP contribution in [0.25, 0.3) is 0 Å². The highest BCUT2D eigenvalue weighted by molar-refractivity contribution is 5.30. The number of nitrogens with zero attached hydrogens (tertiary/aromatic N) is 3. The highest BCUT2D eigenvalue weighted by Gasteiger charge is 2.16. The molecule has 0 unspecified atom stereocenters. The molecule has 1 fully saturated rings. The van der Waals surface area contributed by atoms with Crippen LogP contribution in [0.5, 0.6) is 5.88 Å². The third-order valence-corrected chi connectivity index (χ3v) is 4.26. The minimum Gasteiger partial charge on any atom is -0.481 e. The van der Waals surface area contributed by atoms with Gasteiger partial charge in [-0.25, -0.2) is 4.68 Å². The van der Waals surface area contributed by atoms with E-state index in [1.54, 1.807) is 11.8 Å². The van der Waals surface area contributed by atoms with Gasteiger partial charge in [-0.15, -0.1) is 0 Å². The van der Waals surface area contributed by atoms with Gasteiger partial charge in [0.25, 0.3) is 0 Å². The third-order valence-electron chi connectivity index (χ3n) is 4.26. The van der Waals surface area contributed by atoms with E-state index in [1.165, 1.54) is 31.5 Å². The van der Waals surface area contributed by atoms with Crippen molar-refractivity contribution in [2.24, 2.45) is 13.0 Å². The van der Waals surface area contributed by atoms with Gasteiger partial charge < -0.3 is 15.0 Å².